The molecule has 1 aliphatic carbocycles. The van der Waals surface area contributed by atoms with Gasteiger partial charge in [0.05, 0.1) is 6.10 Å². The average Bonchev–Trinajstić information content (AvgIpc) is 2.45. The lowest BCUT2D eigenvalue weighted by atomic mass is 9.65. The summed E-state index contributed by atoms with van der Waals surface area (Å²) in [5.74, 6) is 0.323. The molecule has 1 aromatic carbocycles. The number of pyridine rings is 1. The van der Waals surface area contributed by atoms with Crippen molar-refractivity contribution in [3.8, 4) is 0 Å². The highest BCUT2D eigenvalue weighted by Gasteiger charge is 2.37. The van der Waals surface area contributed by atoms with Gasteiger partial charge in [-0.15, -0.1) is 0 Å². The number of aliphatic hydroxyl groups is 1. The van der Waals surface area contributed by atoms with Crippen LogP contribution in [0.15, 0.2) is 36.7 Å². The second kappa shape index (κ2) is 5.17. The molecule has 20 heavy (non-hydrogen) atoms. The maximum atomic E-state index is 10.9. The second-order valence-corrected chi connectivity index (χ2v) is 6.74. The lowest BCUT2D eigenvalue weighted by Gasteiger charge is -2.41. The minimum Gasteiger partial charge on any atom is -0.388 e. The number of rotatable bonds is 2. The predicted molar refractivity (Wildman–Crippen MR) is 82.4 cm³/mol. The Morgan fingerprint density at radius 3 is 2.80 bits per heavy atom. The fraction of sp³-hybridized carbons (Fsp3) is 0.500. The first-order chi connectivity index (χ1) is 9.59. The highest BCUT2D eigenvalue weighted by atomic mass is 16.3. The van der Waals surface area contributed by atoms with Crippen LogP contribution in [0, 0.1) is 11.3 Å². The summed E-state index contributed by atoms with van der Waals surface area (Å²) in [6, 6.07) is 8.20. The number of fused-ring (bicyclic) bond motifs is 1. The molecule has 3 rings (SSSR count). The van der Waals surface area contributed by atoms with Gasteiger partial charge in [0.15, 0.2) is 0 Å². The average molecular weight is 269 g/mol. The predicted octanol–water partition coefficient (Wildman–Crippen LogP) is 4.48. The summed E-state index contributed by atoms with van der Waals surface area (Å²) in [4.78, 5) is 4.32. The van der Waals surface area contributed by atoms with Crippen LogP contribution in [0.2, 0.25) is 0 Å². The van der Waals surface area contributed by atoms with E-state index >= 15 is 0 Å². The summed E-state index contributed by atoms with van der Waals surface area (Å²) in [6.45, 7) is 4.58. The Morgan fingerprint density at radius 2 is 2.00 bits per heavy atom. The first kappa shape index (κ1) is 13.6. The van der Waals surface area contributed by atoms with Crippen LogP contribution in [-0.2, 0) is 0 Å². The zero-order valence-corrected chi connectivity index (χ0v) is 12.3. The molecule has 2 aromatic rings. The molecule has 1 N–H and O–H groups in total. The highest BCUT2D eigenvalue weighted by molar-refractivity contribution is 5.84. The van der Waals surface area contributed by atoms with Crippen molar-refractivity contribution in [3.05, 3.63) is 42.2 Å². The molecule has 0 spiro atoms. The quantitative estimate of drug-likeness (QED) is 0.871. The van der Waals surface area contributed by atoms with Crippen molar-refractivity contribution in [1.29, 1.82) is 0 Å². The fourth-order valence-electron chi connectivity index (χ4n) is 3.70. The number of hydrogen-bond donors (Lipinski definition) is 1. The van der Waals surface area contributed by atoms with E-state index in [1.807, 2.05) is 24.5 Å². The van der Waals surface area contributed by atoms with Gasteiger partial charge in [-0.3, -0.25) is 4.98 Å². The Balaban J connectivity index is 2.02. The van der Waals surface area contributed by atoms with Crippen molar-refractivity contribution in [2.45, 2.75) is 45.6 Å². The van der Waals surface area contributed by atoms with Gasteiger partial charge < -0.3 is 5.11 Å². The van der Waals surface area contributed by atoms with Gasteiger partial charge in [0, 0.05) is 23.3 Å². The van der Waals surface area contributed by atoms with Crippen molar-refractivity contribution in [2.75, 3.05) is 0 Å². The van der Waals surface area contributed by atoms with Crippen LogP contribution >= 0.6 is 0 Å². The maximum absolute atomic E-state index is 10.9. The lowest BCUT2D eigenvalue weighted by Crippen LogP contribution is -2.32. The Hall–Kier alpha value is -1.41. The van der Waals surface area contributed by atoms with Crippen molar-refractivity contribution in [3.63, 3.8) is 0 Å². The Kier molecular flexibility index (Phi) is 3.51. The van der Waals surface area contributed by atoms with E-state index in [0.717, 1.165) is 22.8 Å². The Labute approximate surface area is 120 Å². The van der Waals surface area contributed by atoms with Crippen LogP contribution < -0.4 is 0 Å². The summed E-state index contributed by atoms with van der Waals surface area (Å²) in [5.41, 5.74) is 1.19. The number of nitrogens with zero attached hydrogens (tertiary/aromatic N) is 1. The van der Waals surface area contributed by atoms with Gasteiger partial charge in [-0.1, -0.05) is 51.0 Å². The SMILES string of the molecule is CC1(C)CCCCC1C(O)c1cncc2ccccc12. The monoisotopic (exact) mass is 269 g/mol. The van der Waals surface area contributed by atoms with Crippen molar-refractivity contribution >= 4 is 10.8 Å². The molecule has 0 radical (unpaired) electrons. The summed E-state index contributed by atoms with van der Waals surface area (Å²) < 4.78 is 0. The number of benzene rings is 1. The summed E-state index contributed by atoms with van der Waals surface area (Å²) in [6.07, 6.45) is 8.12. The van der Waals surface area contributed by atoms with Crippen LogP contribution in [-0.4, -0.2) is 10.1 Å². The molecule has 2 unspecified atom stereocenters. The first-order valence-corrected chi connectivity index (χ1v) is 7.60. The van der Waals surface area contributed by atoms with Crippen LogP contribution in [0.25, 0.3) is 10.8 Å². The largest absolute Gasteiger partial charge is 0.388 e. The number of aromatic nitrogens is 1. The highest BCUT2D eigenvalue weighted by Crippen LogP contribution is 2.47. The zero-order valence-electron chi connectivity index (χ0n) is 12.3. The maximum Gasteiger partial charge on any atom is 0.0844 e. The second-order valence-electron chi connectivity index (χ2n) is 6.74. The van der Waals surface area contributed by atoms with Crippen LogP contribution in [0.3, 0.4) is 0 Å². The van der Waals surface area contributed by atoms with E-state index in [0.29, 0.717) is 5.92 Å². The van der Waals surface area contributed by atoms with Crippen LogP contribution in [0.5, 0.6) is 0 Å². The summed E-state index contributed by atoms with van der Waals surface area (Å²) in [7, 11) is 0. The standard InChI is InChI=1S/C18H23NO/c1-18(2)10-6-5-9-16(18)17(20)15-12-19-11-13-7-3-4-8-14(13)15/h3-4,7-8,11-12,16-17,20H,5-6,9-10H2,1-2H3. The molecule has 106 valence electrons. The molecular formula is C18H23NO. The molecule has 1 saturated carbocycles. The van der Waals surface area contributed by atoms with Crippen molar-refractivity contribution in [1.82, 2.24) is 4.98 Å². The Bertz CT molecular complexity index is 600. The van der Waals surface area contributed by atoms with Crippen LogP contribution in [0.4, 0.5) is 0 Å². The summed E-state index contributed by atoms with van der Waals surface area (Å²) >= 11 is 0. The van der Waals surface area contributed by atoms with Gasteiger partial charge in [-0.2, -0.15) is 0 Å². The zero-order chi connectivity index (χ0) is 14.2. The van der Waals surface area contributed by atoms with E-state index in [1.54, 1.807) is 0 Å². The normalized spacial score (nSPS) is 23.6. The van der Waals surface area contributed by atoms with E-state index in [9.17, 15) is 5.11 Å². The lowest BCUT2D eigenvalue weighted by molar-refractivity contribution is 0.00451. The van der Waals surface area contributed by atoms with Gasteiger partial charge in [-0.05, 0) is 29.6 Å². The van der Waals surface area contributed by atoms with Crippen molar-refractivity contribution in [2.24, 2.45) is 11.3 Å². The van der Waals surface area contributed by atoms with Gasteiger partial charge in [0.2, 0.25) is 0 Å². The molecule has 1 fully saturated rings. The van der Waals surface area contributed by atoms with Gasteiger partial charge >= 0.3 is 0 Å². The molecule has 2 atom stereocenters. The molecular weight excluding hydrogens is 246 g/mol. The molecule has 1 aliphatic rings. The smallest absolute Gasteiger partial charge is 0.0844 e. The number of hydrogen-bond acceptors (Lipinski definition) is 2. The first-order valence-electron chi connectivity index (χ1n) is 7.60. The van der Waals surface area contributed by atoms with Crippen LogP contribution in [0.1, 0.15) is 51.2 Å². The van der Waals surface area contributed by atoms with Gasteiger partial charge in [-0.25, -0.2) is 0 Å². The Morgan fingerprint density at radius 1 is 1.20 bits per heavy atom. The van der Waals surface area contributed by atoms with E-state index in [1.165, 1.54) is 19.3 Å². The summed E-state index contributed by atoms with van der Waals surface area (Å²) in [5, 5.41) is 13.2. The minimum atomic E-state index is -0.413. The van der Waals surface area contributed by atoms with E-state index in [-0.39, 0.29) is 5.41 Å². The fourth-order valence-corrected chi connectivity index (χ4v) is 3.70. The third kappa shape index (κ3) is 2.33. The van der Waals surface area contributed by atoms with Crippen molar-refractivity contribution < 1.29 is 5.11 Å². The van der Waals surface area contributed by atoms with E-state index in [4.69, 9.17) is 0 Å². The molecule has 2 nitrogen and oxygen atoms in total. The molecule has 0 aliphatic heterocycles. The van der Waals surface area contributed by atoms with E-state index in [2.05, 4.69) is 31.0 Å². The third-order valence-corrected chi connectivity index (χ3v) is 4.99. The van der Waals surface area contributed by atoms with Gasteiger partial charge in [0.1, 0.15) is 0 Å². The minimum absolute atomic E-state index is 0.203. The molecule has 0 bridgehead atoms. The molecule has 0 amide bonds. The van der Waals surface area contributed by atoms with Gasteiger partial charge in [0.25, 0.3) is 0 Å². The third-order valence-electron chi connectivity index (χ3n) is 4.99. The molecule has 1 aromatic heterocycles. The van der Waals surface area contributed by atoms with E-state index < -0.39 is 6.10 Å². The number of aliphatic hydroxyl groups excluding tert-OH is 1. The topological polar surface area (TPSA) is 33.1 Å². The molecule has 0 saturated heterocycles. The molecule has 1 heterocycles. The molecule has 2 heteroatoms.